The van der Waals surface area contributed by atoms with E-state index in [1.807, 2.05) is 0 Å². The van der Waals surface area contributed by atoms with Gasteiger partial charge in [-0.05, 0) is 13.8 Å². The van der Waals surface area contributed by atoms with Gasteiger partial charge < -0.3 is 30.3 Å². The van der Waals surface area contributed by atoms with Gasteiger partial charge in [-0.15, -0.1) is 0 Å². The van der Waals surface area contributed by atoms with Gasteiger partial charge in [0.15, 0.2) is 0 Å². The van der Waals surface area contributed by atoms with E-state index in [0.29, 0.717) is 0 Å². The van der Waals surface area contributed by atoms with Crippen molar-refractivity contribution in [3.63, 3.8) is 0 Å². The third-order valence-corrected chi connectivity index (χ3v) is 0.699. The number of carboxylic acids is 3. The normalized spacial score (nSPS) is 11.1. The smallest absolute Gasteiger partial charge is 0.547 e. The Morgan fingerprint density at radius 3 is 1.12 bits per heavy atom. The van der Waals surface area contributed by atoms with E-state index < -0.39 is 30.1 Å². The second kappa shape index (κ2) is 16.0. The molecular formula is C8H15KO8. The van der Waals surface area contributed by atoms with Crippen LogP contribution in [0.4, 0.5) is 0 Å². The zero-order valence-corrected chi connectivity index (χ0v) is 13.2. The van der Waals surface area contributed by atoms with Crippen molar-refractivity contribution in [2.45, 2.75) is 33.0 Å². The van der Waals surface area contributed by atoms with Gasteiger partial charge in [0.1, 0.15) is 6.10 Å². The summed E-state index contributed by atoms with van der Waals surface area (Å²) < 4.78 is 0. The molecule has 0 heterocycles. The van der Waals surface area contributed by atoms with Crippen LogP contribution in [0.15, 0.2) is 0 Å². The summed E-state index contributed by atoms with van der Waals surface area (Å²) in [7, 11) is 0. The molecule has 0 aliphatic rings. The van der Waals surface area contributed by atoms with E-state index in [1.165, 1.54) is 6.92 Å². The number of hydrogen-bond donors (Lipinski definition) is 4. The zero-order chi connectivity index (χ0) is 13.9. The van der Waals surface area contributed by atoms with Gasteiger partial charge in [-0.1, -0.05) is 0 Å². The molecule has 0 amide bonds. The van der Waals surface area contributed by atoms with E-state index in [4.69, 9.17) is 25.2 Å². The molecule has 0 spiro atoms. The van der Waals surface area contributed by atoms with Crippen molar-refractivity contribution in [1.82, 2.24) is 0 Å². The number of hydrogen-bond acceptors (Lipinski definition) is 6. The second-order valence-corrected chi connectivity index (χ2v) is 2.53. The van der Waals surface area contributed by atoms with Crippen LogP contribution >= 0.6 is 0 Å². The molecule has 2 unspecified atom stereocenters. The number of rotatable bonds is 2. The second-order valence-electron chi connectivity index (χ2n) is 2.53. The summed E-state index contributed by atoms with van der Waals surface area (Å²) in [5.41, 5.74) is 0. The van der Waals surface area contributed by atoms with Crippen molar-refractivity contribution in [1.29, 1.82) is 0 Å². The van der Waals surface area contributed by atoms with Crippen molar-refractivity contribution in [3.05, 3.63) is 0 Å². The molecule has 2 atom stereocenters. The summed E-state index contributed by atoms with van der Waals surface area (Å²) in [6.45, 7) is 3.41. The molecule has 0 aromatic heterocycles. The predicted molar refractivity (Wildman–Crippen MR) is 49.3 cm³/mol. The van der Waals surface area contributed by atoms with Crippen molar-refractivity contribution in [2.75, 3.05) is 0 Å². The van der Waals surface area contributed by atoms with Gasteiger partial charge in [-0.3, -0.25) is 4.79 Å². The Balaban J connectivity index is -0.0000000741. The summed E-state index contributed by atoms with van der Waals surface area (Å²) in [6, 6.07) is 0. The van der Waals surface area contributed by atoms with Crippen molar-refractivity contribution in [3.8, 4) is 0 Å². The fraction of sp³-hybridized carbons (Fsp3) is 0.625. The van der Waals surface area contributed by atoms with Crippen LogP contribution in [0.1, 0.15) is 20.8 Å². The minimum absolute atomic E-state index is 0. The minimum atomic E-state index is -1.44. The molecule has 0 aliphatic heterocycles. The van der Waals surface area contributed by atoms with Gasteiger partial charge in [0, 0.05) is 6.92 Å². The van der Waals surface area contributed by atoms with Crippen molar-refractivity contribution >= 4 is 17.9 Å². The summed E-state index contributed by atoms with van der Waals surface area (Å²) in [6.07, 6.45) is -2.57. The molecule has 0 bridgehead atoms. The van der Waals surface area contributed by atoms with Gasteiger partial charge in [0.05, 0.1) is 12.1 Å². The van der Waals surface area contributed by atoms with E-state index >= 15 is 0 Å². The monoisotopic (exact) mass is 278 g/mol. The van der Waals surface area contributed by atoms with Crippen LogP contribution in [0, 0.1) is 0 Å². The summed E-state index contributed by atoms with van der Waals surface area (Å²) >= 11 is 0. The molecular weight excluding hydrogens is 263 g/mol. The molecule has 0 saturated carbocycles. The van der Waals surface area contributed by atoms with Crippen LogP contribution < -0.4 is 56.5 Å². The Hall–Kier alpha value is -0.0336. The van der Waals surface area contributed by atoms with Crippen molar-refractivity contribution < 1.29 is 91.3 Å². The van der Waals surface area contributed by atoms with E-state index in [1.54, 1.807) is 0 Å². The third kappa shape index (κ3) is 49.1. The zero-order valence-electron chi connectivity index (χ0n) is 10.1. The van der Waals surface area contributed by atoms with Crippen LogP contribution in [0.25, 0.3) is 0 Å². The number of aliphatic hydroxyl groups excluding tert-OH is 2. The summed E-state index contributed by atoms with van der Waals surface area (Å²) in [5.74, 6) is -3.45. The molecule has 0 aliphatic carbocycles. The largest absolute Gasteiger partial charge is 1.00 e. The van der Waals surface area contributed by atoms with E-state index in [-0.39, 0.29) is 51.4 Å². The molecule has 0 aromatic carbocycles. The van der Waals surface area contributed by atoms with Crippen LogP contribution in [0.2, 0.25) is 0 Å². The number of carboxylic acid groups (broad SMARTS) is 3. The average Bonchev–Trinajstić information content (AvgIpc) is 2.03. The number of aliphatic carboxylic acids is 3. The fourth-order valence-corrected chi connectivity index (χ4v) is 0. The van der Waals surface area contributed by atoms with Gasteiger partial charge >= 0.3 is 57.4 Å². The quantitative estimate of drug-likeness (QED) is 0.365. The molecule has 0 fully saturated rings. The topological polar surface area (TPSA) is 155 Å². The average molecular weight is 278 g/mol. The molecule has 17 heavy (non-hydrogen) atoms. The molecule has 8 nitrogen and oxygen atoms in total. The van der Waals surface area contributed by atoms with Crippen LogP contribution in [0.5, 0.6) is 0 Å². The van der Waals surface area contributed by atoms with Crippen LogP contribution in [0.3, 0.4) is 0 Å². The molecule has 0 saturated heterocycles. The molecule has 0 aromatic rings. The minimum Gasteiger partial charge on any atom is -0.547 e. The van der Waals surface area contributed by atoms with Crippen molar-refractivity contribution in [2.24, 2.45) is 0 Å². The Labute approximate surface area is 141 Å². The molecule has 0 radical (unpaired) electrons. The van der Waals surface area contributed by atoms with Crippen LogP contribution in [-0.2, 0) is 14.4 Å². The predicted octanol–water partition coefficient (Wildman–Crippen LogP) is -5.34. The van der Waals surface area contributed by atoms with Crippen LogP contribution in [-0.4, -0.2) is 50.5 Å². The number of aliphatic hydroxyl groups is 2. The number of carbonyl (C=O) groups is 3. The number of carbonyl (C=O) groups excluding carboxylic acids is 1. The Kier molecular flexibility index (Phi) is 24.2. The van der Waals surface area contributed by atoms with Gasteiger partial charge in [0.25, 0.3) is 5.97 Å². The first-order chi connectivity index (χ1) is 7.02. The first kappa shape index (κ1) is 25.7. The third-order valence-electron chi connectivity index (χ3n) is 0.699. The summed E-state index contributed by atoms with van der Waals surface area (Å²) in [5, 5.41) is 40.5. The van der Waals surface area contributed by atoms with E-state index in [2.05, 4.69) is 0 Å². The first-order valence-corrected chi connectivity index (χ1v) is 4.01. The van der Waals surface area contributed by atoms with Gasteiger partial charge in [-0.25, -0.2) is 4.79 Å². The Bertz CT molecular complexity index is 204. The molecule has 96 valence electrons. The standard InChI is InChI=1S/2C3H6O3.C2H4O2.K/c2*1-2(4)3(5)6;1-2(3)4;/h2*2,4H,1H3,(H,5,6);1H3,(H,3,4);/q;;;+1/p-1. The Morgan fingerprint density at radius 1 is 1.00 bits per heavy atom. The summed E-state index contributed by atoms with van der Waals surface area (Å²) in [4.78, 5) is 27.8. The van der Waals surface area contributed by atoms with E-state index in [9.17, 15) is 14.7 Å². The maximum Gasteiger partial charge on any atom is 1.00 e. The van der Waals surface area contributed by atoms with E-state index in [0.717, 1.165) is 13.8 Å². The first-order valence-electron chi connectivity index (χ1n) is 4.01. The van der Waals surface area contributed by atoms with Gasteiger partial charge in [0.2, 0.25) is 0 Å². The molecule has 9 heteroatoms. The fourth-order valence-electron chi connectivity index (χ4n) is 0. The van der Waals surface area contributed by atoms with Gasteiger partial charge in [-0.2, -0.15) is 0 Å². The SMILES string of the molecule is CC(=O)O.CC(O)C(=O)O.CC(O)C(=O)[O-].[K+]. The molecule has 4 N–H and O–H groups in total. The maximum atomic E-state index is 9.45. The molecule has 0 rings (SSSR count). The maximum absolute atomic E-state index is 9.45. The Morgan fingerprint density at radius 2 is 1.12 bits per heavy atom.